The molecule has 0 aliphatic rings. The molecule has 3 heteroatoms. The maximum absolute atomic E-state index is 2.38. The third-order valence-corrected chi connectivity index (χ3v) is 9.07. The van der Waals surface area contributed by atoms with Gasteiger partial charge in [-0.2, -0.15) is 9.13 Å². The van der Waals surface area contributed by atoms with Gasteiger partial charge in [-0.1, -0.05) is 78.9 Å². The first-order valence-corrected chi connectivity index (χ1v) is 16.6. The van der Waals surface area contributed by atoms with Crippen molar-refractivity contribution in [2.24, 2.45) is 7.05 Å². The first kappa shape index (κ1) is 30.7. The molecular weight excluding hydrogens is 583 g/mol. The Hall–Kier alpha value is -5.93. The summed E-state index contributed by atoms with van der Waals surface area (Å²) in [7, 11) is 2.11. The Morgan fingerprint density at radius 2 is 1.19 bits per heavy atom. The topological polar surface area (TPSA) is 11.6 Å². The number of hydrogen-bond acceptors (Lipinski definition) is 0. The highest BCUT2D eigenvalue weighted by Gasteiger charge is 2.19. The van der Waals surface area contributed by atoms with Crippen LogP contribution in [-0.2, 0) is 20.0 Å². The van der Waals surface area contributed by atoms with Crippen LogP contribution in [0.15, 0.2) is 170 Å². The van der Waals surface area contributed by atoms with Gasteiger partial charge in [0.15, 0.2) is 31.3 Å². The summed E-state index contributed by atoms with van der Waals surface area (Å²) in [6.07, 6.45) is 11.8. The van der Waals surface area contributed by atoms with E-state index in [9.17, 15) is 0 Å². The summed E-state index contributed by atoms with van der Waals surface area (Å²) < 4.78 is 6.81. The minimum absolute atomic E-state index is 0.884. The van der Waals surface area contributed by atoms with Crippen molar-refractivity contribution < 1.29 is 13.7 Å². The Labute approximate surface area is 284 Å². The highest BCUT2D eigenvalue weighted by molar-refractivity contribution is 5.80. The monoisotopic (exact) mass is 622 g/mol. The normalized spacial score (nSPS) is 11.2. The molecule has 0 fully saturated rings. The molecule has 0 N–H and O–H groups in total. The van der Waals surface area contributed by atoms with Crippen LogP contribution < -0.4 is 13.7 Å². The van der Waals surface area contributed by atoms with Gasteiger partial charge in [-0.3, -0.25) is 0 Å². The number of aromatic nitrogens is 3. The van der Waals surface area contributed by atoms with E-state index < -0.39 is 0 Å². The van der Waals surface area contributed by atoms with Crippen molar-refractivity contribution in [2.45, 2.75) is 19.9 Å². The van der Waals surface area contributed by atoms with Gasteiger partial charge in [-0.05, 0) is 71.1 Å². The summed E-state index contributed by atoms with van der Waals surface area (Å²) >= 11 is 0. The second kappa shape index (κ2) is 14.2. The summed E-state index contributed by atoms with van der Waals surface area (Å²) in [4.78, 5) is 0. The Balaban J connectivity index is 1.22. The standard InChI is InChI=1S/C45H40N3/c1-35-16-6-8-20-40(35)44-23-11-14-30-47(44)32-27-37-19-7-9-21-41(37)45-24-12-15-31-48(45)33-28-38-25-26-39(36-17-4-3-5-18-36)34-42(38)43-22-10-13-29-46(43)2/h3-26,28-31,33-34H,27,32H2,1-2H3/q+3/b33-28-. The molecule has 0 unspecified atom stereocenters. The van der Waals surface area contributed by atoms with E-state index in [4.69, 9.17) is 0 Å². The van der Waals surface area contributed by atoms with Gasteiger partial charge in [0, 0.05) is 54.5 Å². The van der Waals surface area contributed by atoms with Gasteiger partial charge in [0.25, 0.3) is 0 Å². The molecule has 0 saturated carbocycles. The summed E-state index contributed by atoms with van der Waals surface area (Å²) in [5, 5.41) is 0. The Kier molecular flexibility index (Phi) is 9.11. The van der Waals surface area contributed by atoms with Crippen LogP contribution in [0.3, 0.4) is 0 Å². The molecular formula is C45H40N3+3. The maximum atomic E-state index is 2.38. The van der Waals surface area contributed by atoms with Crippen molar-refractivity contribution in [1.82, 2.24) is 0 Å². The molecule has 232 valence electrons. The number of rotatable bonds is 9. The summed E-state index contributed by atoms with van der Waals surface area (Å²) in [6.45, 7) is 3.07. The average Bonchev–Trinajstić information content (AvgIpc) is 3.14. The largest absolute Gasteiger partial charge is 0.218 e. The minimum atomic E-state index is 0.884. The SMILES string of the molecule is Cc1ccccc1-c1cccc[n+]1CCc1ccccc1-c1cccc[n+]1/C=C\c1ccc(-c2ccccc2)cc1-c1cccc[n+]1C. The number of aryl methyl sites for hydroxylation is 4. The predicted octanol–water partition coefficient (Wildman–Crippen LogP) is 8.93. The van der Waals surface area contributed by atoms with E-state index in [0.717, 1.165) is 24.2 Å². The fourth-order valence-corrected chi connectivity index (χ4v) is 6.52. The van der Waals surface area contributed by atoms with Gasteiger partial charge in [0.1, 0.15) is 7.05 Å². The second-order valence-electron chi connectivity index (χ2n) is 12.2. The van der Waals surface area contributed by atoms with Crippen molar-refractivity contribution in [2.75, 3.05) is 0 Å². The van der Waals surface area contributed by atoms with E-state index in [2.05, 4.69) is 210 Å². The average molecular weight is 623 g/mol. The number of hydrogen-bond donors (Lipinski definition) is 0. The van der Waals surface area contributed by atoms with E-state index >= 15 is 0 Å². The van der Waals surface area contributed by atoms with Crippen molar-refractivity contribution in [1.29, 1.82) is 0 Å². The molecule has 0 bridgehead atoms. The predicted molar refractivity (Wildman–Crippen MR) is 196 cm³/mol. The molecule has 0 radical (unpaired) electrons. The summed E-state index contributed by atoms with van der Waals surface area (Å²) in [5.41, 5.74) is 13.5. The van der Waals surface area contributed by atoms with Crippen molar-refractivity contribution in [3.63, 3.8) is 0 Å². The first-order valence-electron chi connectivity index (χ1n) is 16.6. The van der Waals surface area contributed by atoms with Gasteiger partial charge in [-0.25, -0.2) is 4.57 Å². The lowest BCUT2D eigenvalue weighted by atomic mass is 9.96. The van der Waals surface area contributed by atoms with E-state index in [-0.39, 0.29) is 0 Å². The first-order chi connectivity index (χ1) is 23.7. The molecule has 4 aromatic carbocycles. The molecule has 7 rings (SSSR count). The summed E-state index contributed by atoms with van der Waals surface area (Å²) in [5.74, 6) is 0. The van der Waals surface area contributed by atoms with Gasteiger partial charge in [-0.15, -0.1) is 0 Å². The van der Waals surface area contributed by atoms with Gasteiger partial charge >= 0.3 is 0 Å². The molecule has 7 aromatic rings. The Morgan fingerprint density at radius 3 is 2.00 bits per heavy atom. The van der Waals surface area contributed by atoms with E-state index in [1.165, 1.54) is 50.3 Å². The number of benzene rings is 4. The van der Waals surface area contributed by atoms with E-state index in [1.54, 1.807) is 0 Å². The van der Waals surface area contributed by atoms with Crippen LogP contribution in [0, 0.1) is 6.92 Å². The van der Waals surface area contributed by atoms with Crippen LogP contribution >= 0.6 is 0 Å². The molecule has 0 spiro atoms. The molecule has 3 aromatic heterocycles. The second-order valence-corrected chi connectivity index (χ2v) is 12.2. The van der Waals surface area contributed by atoms with Crippen molar-refractivity contribution in [3.05, 3.63) is 187 Å². The van der Waals surface area contributed by atoms with E-state index in [0.29, 0.717) is 0 Å². The van der Waals surface area contributed by atoms with Crippen LogP contribution in [-0.4, -0.2) is 0 Å². The Morgan fingerprint density at radius 1 is 0.521 bits per heavy atom. The number of pyridine rings is 3. The zero-order valence-corrected chi connectivity index (χ0v) is 27.6. The highest BCUT2D eigenvalue weighted by Crippen LogP contribution is 2.29. The zero-order valence-electron chi connectivity index (χ0n) is 27.6. The molecule has 0 aliphatic carbocycles. The van der Waals surface area contributed by atoms with Crippen LogP contribution in [0.1, 0.15) is 16.7 Å². The lowest BCUT2D eigenvalue weighted by Crippen LogP contribution is -2.37. The Bertz CT molecular complexity index is 2210. The lowest BCUT2D eigenvalue weighted by Gasteiger charge is -2.10. The van der Waals surface area contributed by atoms with Crippen molar-refractivity contribution in [3.8, 4) is 44.9 Å². The third-order valence-electron chi connectivity index (χ3n) is 9.07. The highest BCUT2D eigenvalue weighted by atomic mass is 15.0. The van der Waals surface area contributed by atoms with Gasteiger partial charge in [0.2, 0.25) is 17.1 Å². The fraction of sp³-hybridized carbons (Fsp3) is 0.0889. The van der Waals surface area contributed by atoms with Crippen LogP contribution in [0.25, 0.3) is 57.2 Å². The van der Waals surface area contributed by atoms with Gasteiger partial charge < -0.3 is 0 Å². The third kappa shape index (κ3) is 6.63. The zero-order chi connectivity index (χ0) is 32.7. The lowest BCUT2D eigenvalue weighted by molar-refractivity contribution is -0.685. The molecule has 0 amide bonds. The van der Waals surface area contributed by atoms with Gasteiger partial charge in [0.05, 0.1) is 11.1 Å². The molecule has 48 heavy (non-hydrogen) atoms. The smallest absolute Gasteiger partial charge is 0.201 e. The maximum Gasteiger partial charge on any atom is 0.218 e. The summed E-state index contributed by atoms with van der Waals surface area (Å²) in [6, 6.07) is 54.1. The molecule has 0 saturated heterocycles. The molecule has 3 heterocycles. The van der Waals surface area contributed by atoms with E-state index in [1.807, 2.05) is 0 Å². The molecule has 0 aliphatic heterocycles. The number of nitrogens with zero attached hydrogens (tertiary/aromatic N) is 3. The fourth-order valence-electron chi connectivity index (χ4n) is 6.52. The molecule has 3 nitrogen and oxygen atoms in total. The van der Waals surface area contributed by atoms with Crippen molar-refractivity contribution >= 4 is 12.3 Å². The van der Waals surface area contributed by atoms with Crippen LogP contribution in [0.2, 0.25) is 0 Å². The quantitative estimate of drug-likeness (QED) is 0.143. The van der Waals surface area contributed by atoms with Crippen LogP contribution in [0.4, 0.5) is 0 Å². The molecule has 0 atom stereocenters. The minimum Gasteiger partial charge on any atom is -0.201 e. The van der Waals surface area contributed by atoms with Crippen LogP contribution in [0.5, 0.6) is 0 Å².